The van der Waals surface area contributed by atoms with Crippen molar-refractivity contribution in [2.24, 2.45) is 0 Å². The first-order valence-electron chi connectivity index (χ1n) is 9.06. The zero-order valence-corrected chi connectivity index (χ0v) is 16.9. The summed E-state index contributed by atoms with van der Waals surface area (Å²) >= 11 is 1.64. The maximum atomic E-state index is 12.5. The summed E-state index contributed by atoms with van der Waals surface area (Å²) in [6.07, 6.45) is 8.21. The van der Waals surface area contributed by atoms with Gasteiger partial charge in [0.2, 0.25) is 5.88 Å². The first-order chi connectivity index (χ1) is 12.5. The van der Waals surface area contributed by atoms with E-state index in [4.69, 9.17) is 4.74 Å². The molecule has 26 heavy (non-hydrogen) atoms. The van der Waals surface area contributed by atoms with Gasteiger partial charge in [-0.05, 0) is 44.9 Å². The standard InChI is InChI=1S/C22H27NO2S/c1-5-7-19(25-22-15-16(2)14-18(4)23-22)8-6-9-21(24)20-11-13-26-12-10-17(20)3/h6,9,11-12,14-15,19H,5,7-8,13H2,1-4H3/b9-6+/t19-/m1/s1. The maximum Gasteiger partial charge on any atom is 0.213 e. The van der Waals surface area contributed by atoms with Crippen LogP contribution < -0.4 is 4.74 Å². The van der Waals surface area contributed by atoms with Gasteiger partial charge < -0.3 is 4.74 Å². The van der Waals surface area contributed by atoms with Crippen LogP contribution in [-0.4, -0.2) is 22.6 Å². The predicted molar refractivity (Wildman–Crippen MR) is 110 cm³/mol. The molecule has 2 heterocycles. The normalized spacial score (nSPS) is 15.4. The Morgan fingerprint density at radius 3 is 2.92 bits per heavy atom. The topological polar surface area (TPSA) is 39.2 Å². The minimum Gasteiger partial charge on any atom is -0.474 e. The van der Waals surface area contributed by atoms with Gasteiger partial charge in [0.25, 0.3) is 0 Å². The van der Waals surface area contributed by atoms with Crippen molar-refractivity contribution in [1.82, 2.24) is 4.98 Å². The molecule has 1 aromatic heterocycles. The lowest BCUT2D eigenvalue weighted by Crippen LogP contribution is -2.16. The molecule has 0 aromatic carbocycles. The summed E-state index contributed by atoms with van der Waals surface area (Å²) in [5, 5.41) is 1.91. The molecule has 0 radical (unpaired) electrons. The summed E-state index contributed by atoms with van der Waals surface area (Å²) < 4.78 is 6.07. The molecule has 0 saturated carbocycles. The number of allylic oxidation sites excluding steroid dienone is 3. The Morgan fingerprint density at radius 1 is 1.38 bits per heavy atom. The zero-order valence-electron chi connectivity index (χ0n) is 16.0. The molecule has 138 valence electrons. The first-order valence-corrected chi connectivity index (χ1v) is 10.1. The number of aromatic nitrogens is 1. The van der Waals surface area contributed by atoms with E-state index in [0.717, 1.165) is 41.0 Å². The minimum atomic E-state index is 0.0213. The molecule has 1 aromatic rings. The number of hydrogen-bond donors (Lipinski definition) is 0. The van der Waals surface area contributed by atoms with Crippen molar-refractivity contribution in [3.63, 3.8) is 0 Å². The first kappa shape index (κ1) is 20.3. The van der Waals surface area contributed by atoms with Gasteiger partial charge in [-0.2, -0.15) is 0 Å². The molecule has 0 aliphatic carbocycles. The monoisotopic (exact) mass is 369 g/mol. The fourth-order valence-corrected chi connectivity index (χ4v) is 3.44. The molecule has 0 unspecified atom stereocenters. The maximum absolute atomic E-state index is 12.5. The van der Waals surface area contributed by atoms with E-state index < -0.39 is 0 Å². The van der Waals surface area contributed by atoms with Gasteiger partial charge in [0.05, 0.1) is 0 Å². The Hall–Kier alpha value is -2.03. The van der Waals surface area contributed by atoms with Crippen molar-refractivity contribution in [3.8, 4) is 5.88 Å². The zero-order chi connectivity index (χ0) is 18.9. The molecule has 0 saturated heterocycles. The van der Waals surface area contributed by atoms with Crippen molar-refractivity contribution < 1.29 is 9.53 Å². The number of rotatable bonds is 8. The van der Waals surface area contributed by atoms with Crippen molar-refractivity contribution in [1.29, 1.82) is 0 Å². The number of aryl methyl sites for hydroxylation is 2. The number of hydrogen-bond acceptors (Lipinski definition) is 4. The Balaban J connectivity index is 2.01. The number of carbonyl (C=O) groups is 1. The van der Waals surface area contributed by atoms with Crippen LogP contribution in [0.25, 0.3) is 0 Å². The van der Waals surface area contributed by atoms with Gasteiger partial charge >= 0.3 is 0 Å². The highest BCUT2D eigenvalue weighted by Crippen LogP contribution is 2.19. The quantitative estimate of drug-likeness (QED) is 0.448. The summed E-state index contributed by atoms with van der Waals surface area (Å²) in [6.45, 7) is 8.07. The van der Waals surface area contributed by atoms with Crippen LogP contribution >= 0.6 is 11.8 Å². The Labute approximate surface area is 160 Å². The van der Waals surface area contributed by atoms with Crippen LogP contribution in [-0.2, 0) is 4.79 Å². The van der Waals surface area contributed by atoms with E-state index in [0.29, 0.717) is 12.3 Å². The second-order valence-electron chi connectivity index (χ2n) is 6.49. The van der Waals surface area contributed by atoms with Gasteiger partial charge in [0, 0.05) is 40.5 Å². The summed E-state index contributed by atoms with van der Waals surface area (Å²) in [6, 6.07) is 3.99. The average Bonchev–Trinajstić information content (AvgIpc) is 2.78. The molecule has 0 amide bonds. The molecule has 0 spiro atoms. The van der Waals surface area contributed by atoms with Crippen molar-refractivity contribution in [2.75, 3.05) is 5.75 Å². The molecule has 1 aliphatic rings. The van der Waals surface area contributed by atoms with Crippen LogP contribution in [0.2, 0.25) is 0 Å². The van der Waals surface area contributed by atoms with Gasteiger partial charge in [-0.15, -0.1) is 17.5 Å². The van der Waals surface area contributed by atoms with Crippen LogP contribution in [0, 0.1) is 13.8 Å². The smallest absolute Gasteiger partial charge is 0.213 e. The molecule has 1 atom stereocenters. The van der Waals surface area contributed by atoms with E-state index in [1.54, 1.807) is 17.8 Å². The van der Waals surface area contributed by atoms with Crippen LogP contribution in [0.15, 0.2) is 52.6 Å². The Bertz CT molecular complexity index is 750. The lowest BCUT2D eigenvalue weighted by molar-refractivity contribution is -0.111. The number of ether oxygens (including phenoxy) is 1. The molecule has 0 N–H and O–H groups in total. The number of pyridine rings is 1. The van der Waals surface area contributed by atoms with Gasteiger partial charge in [0.15, 0.2) is 5.78 Å². The SMILES string of the molecule is CCC[C@H](C/C=C/C(=O)C1=CCSC=C=C1C)Oc1cc(C)cc(C)n1. The van der Waals surface area contributed by atoms with Gasteiger partial charge in [0.1, 0.15) is 6.10 Å². The molecular weight excluding hydrogens is 342 g/mol. The van der Waals surface area contributed by atoms with Crippen LogP contribution in [0.5, 0.6) is 5.88 Å². The highest BCUT2D eigenvalue weighted by molar-refractivity contribution is 8.02. The number of ketones is 1. The average molecular weight is 370 g/mol. The van der Waals surface area contributed by atoms with E-state index in [2.05, 4.69) is 17.6 Å². The Kier molecular flexibility index (Phi) is 7.96. The molecular formula is C22H27NO2S. The lowest BCUT2D eigenvalue weighted by atomic mass is 10.0. The molecule has 0 fully saturated rings. The van der Waals surface area contributed by atoms with Crippen molar-refractivity contribution in [3.05, 3.63) is 63.9 Å². The summed E-state index contributed by atoms with van der Waals surface area (Å²) in [7, 11) is 0. The van der Waals surface area contributed by atoms with Crippen LogP contribution in [0.4, 0.5) is 0 Å². The molecule has 0 bridgehead atoms. The fourth-order valence-electron chi connectivity index (χ4n) is 2.82. The van der Waals surface area contributed by atoms with Gasteiger partial charge in [-0.25, -0.2) is 4.98 Å². The van der Waals surface area contributed by atoms with Crippen LogP contribution in [0.1, 0.15) is 44.4 Å². The minimum absolute atomic E-state index is 0.0213. The fraction of sp³-hybridized carbons (Fsp3) is 0.409. The highest BCUT2D eigenvalue weighted by atomic mass is 32.2. The largest absolute Gasteiger partial charge is 0.474 e. The van der Waals surface area contributed by atoms with E-state index in [-0.39, 0.29) is 11.9 Å². The van der Waals surface area contributed by atoms with Crippen molar-refractivity contribution in [2.45, 2.75) is 53.1 Å². The molecule has 1 aliphatic heterocycles. The molecule has 2 rings (SSSR count). The highest BCUT2D eigenvalue weighted by Gasteiger charge is 2.12. The summed E-state index contributed by atoms with van der Waals surface area (Å²) in [4.78, 5) is 16.9. The molecule has 4 heteroatoms. The number of thioether (sulfide) groups is 1. The van der Waals surface area contributed by atoms with E-state index in [1.807, 2.05) is 50.5 Å². The lowest BCUT2D eigenvalue weighted by Gasteiger charge is -2.17. The molecule has 3 nitrogen and oxygen atoms in total. The number of carbonyl (C=O) groups excluding carboxylic acids is 1. The van der Waals surface area contributed by atoms with Crippen LogP contribution in [0.3, 0.4) is 0 Å². The van der Waals surface area contributed by atoms with Gasteiger partial charge in [-0.1, -0.05) is 25.5 Å². The second kappa shape index (κ2) is 10.2. The Morgan fingerprint density at radius 2 is 2.19 bits per heavy atom. The summed E-state index contributed by atoms with van der Waals surface area (Å²) in [5.41, 5.74) is 6.87. The van der Waals surface area contributed by atoms with Gasteiger partial charge in [-0.3, -0.25) is 4.79 Å². The van der Waals surface area contributed by atoms with Crippen molar-refractivity contribution >= 4 is 17.5 Å². The predicted octanol–water partition coefficient (Wildman–Crippen LogP) is 5.49. The van der Waals surface area contributed by atoms with E-state index in [9.17, 15) is 4.79 Å². The van der Waals surface area contributed by atoms with E-state index in [1.165, 1.54) is 0 Å². The third-order valence-corrected chi connectivity index (χ3v) is 4.70. The van der Waals surface area contributed by atoms with E-state index >= 15 is 0 Å². The third kappa shape index (κ3) is 6.36. The third-order valence-electron chi connectivity index (χ3n) is 4.05. The summed E-state index contributed by atoms with van der Waals surface area (Å²) in [5.74, 6) is 1.50. The second-order valence-corrected chi connectivity index (χ2v) is 7.40. The number of nitrogens with zero attached hydrogens (tertiary/aromatic N) is 1.